The zero-order valence-corrected chi connectivity index (χ0v) is 12.0. The number of ether oxygens (including phenoxy) is 1. The molecule has 0 saturated carbocycles. The van der Waals surface area contributed by atoms with E-state index < -0.39 is 0 Å². The fraction of sp³-hybridized carbons (Fsp3) is 0.214. The average Bonchev–Trinajstić information content (AvgIpc) is 2.36. The van der Waals surface area contributed by atoms with Crippen LogP contribution in [0.25, 0.3) is 0 Å². The third-order valence-electron chi connectivity index (χ3n) is 2.50. The Morgan fingerprint density at radius 2 is 2.11 bits per heavy atom. The highest BCUT2D eigenvalue weighted by Gasteiger charge is 2.05. The van der Waals surface area contributed by atoms with Crippen LogP contribution in [0.2, 0.25) is 0 Å². The minimum absolute atomic E-state index is 0.750. The van der Waals surface area contributed by atoms with Crippen LogP contribution in [0.1, 0.15) is 11.3 Å². The highest BCUT2D eigenvalue weighted by Crippen LogP contribution is 2.27. The number of aryl methyl sites for hydroxylation is 1. The number of hydrogen-bond donors (Lipinski definition) is 1. The highest BCUT2D eigenvalue weighted by molar-refractivity contribution is 9.10. The van der Waals surface area contributed by atoms with Crippen LogP contribution in [0.3, 0.4) is 0 Å². The predicted molar refractivity (Wildman–Crippen MR) is 76.0 cm³/mol. The number of halogens is 1. The number of rotatable bonds is 4. The van der Waals surface area contributed by atoms with Gasteiger partial charge in [0.05, 0.1) is 6.20 Å². The topological polar surface area (TPSA) is 34.1 Å². The van der Waals surface area contributed by atoms with Crippen LogP contribution in [-0.2, 0) is 6.54 Å². The fourth-order valence-electron chi connectivity index (χ4n) is 1.62. The van der Waals surface area contributed by atoms with Gasteiger partial charge in [-0.25, -0.2) is 0 Å². The van der Waals surface area contributed by atoms with Crippen LogP contribution in [0.4, 0.5) is 0 Å². The van der Waals surface area contributed by atoms with Crippen molar-refractivity contribution < 1.29 is 4.74 Å². The van der Waals surface area contributed by atoms with Crippen LogP contribution in [0.5, 0.6) is 11.5 Å². The minimum atomic E-state index is 0.750. The van der Waals surface area contributed by atoms with Crippen molar-refractivity contribution >= 4 is 15.9 Å². The summed E-state index contributed by atoms with van der Waals surface area (Å²) in [5.74, 6) is 1.60. The molecule has 0 bridgehead atoms. The summed E-state index contributed by atoms with van der Waals surface area (Å²) < 4.78 is 6.89. The molecule has 0 fully saturated rings. The molecule has 18 heavy (non-hydrogen) atoms. The molecule has 94 valence electrons. The van der Waals surface area contributed by atoms with Gasteiger partial charge in [0.15, 0.2) is 0 Å². The van der Waals surface area contributed by atoms with Crippen molar-refractivity contribution in [3.05, 3.63) is 52.3 Å². The molecule has 0 unspecified atom stereocenters. The molecule has 0 aliphatic carbocycles. The summed E-state index contributed by atoms with van der Waals surface area (Å²) in [5, 5.41) is 3.13. The molecule has 2 rings (SSSR count). The van der Waals surface area contributed by atoms with Crippen molar-refractivity contribution in [3.8, 4) is 11.5 Å². The van der Waals surface area contributed by atoms with Gasteiger partial charge in [-0.15, -0.1) is 0 Å². The lowest BCUT2D eigenvalue weighted by Gasteiger charge is -2.11. The van der Waals surface area contributed by atoms with E-state index in [1.165, 1.54) is 0 Å². The van der Waals surface area contributed by atoms with E-state index in [0.29, 0.717) is 0 Å². The molecule has 0 atom stereocenters. The third kappa shape index (κ3) is 3.31. The van der Waals surface area contributed by atoms with Crippen molar-refractivity contribution in [2.45, 2.75) is 13.5 Å². The molecule has 4 heteroatoms. The number of nitrogens with zero attached hydrogens (tertiary/aromatic N) is 1. The molecule has 0 radical (unpaired) electrons. The van der Waals surface area contributed by atoms with E-state index in [1.54, 1.807) is 6.20 Å². The van der Waals surface area contributed by atoms with Gasteiger partial charge in [-0.2, -0.15) is 0 Å². The molecule has 1 aromatic carbocycles. The van der Waals surface area contributed by atoms with Crippen LogP contribution >= 0.6 is 15.9 Å². The Hall–Kier alpha value is -1.39. The Balaban J connectivity index is 2.25. The highest BCUT2D eigenvalue weighted by atomic mass is 79.9. The van der Waals surface area contributed by atoms with E-state index in [-0.39, 0.29) is 0 Å². The lowest BCUT2D eigenvalue weighted by molar-refractivity contribution is 0.471. The van der Waals surface area contributed by atoms with Gasteiger partial charge in [0.2, 0.25) is 0 Å². The van der Waals surface area contributed by atoms with Gasteiger partial charge in [-0.05, 0) is 44.3 Å². The van der Waals surface area contributed by atoms with Crippen LogP contribution in [-0.4, -0.2) is 12.0 Å². The lowest BCUT2D eigenvalue weighted by Crippen LogP contribution is -2.06. The molecular formula is C14H15BrN2O. The standard InChI is InChI=1S/C14H15BrN2O/c1-10-3-5-13(9-17-10)18-14-6-4-12(15)7-11(14)8-16-2/h3-7,9,16H,8H2,1-2H3. The van der Waals surface area contributed by atoms with Gasteiger partial charge in [0, 0.05) is 22.3 Å². The van der Waals surface area contributed by atoms with E-state index in [1.807, 2.05) is 44.3 Å². The number of pyridine rings is 1. The Kier molecular flexibility index (Phi) is 4.33. The third-order valence-corrected chi connectivity index (χ3v) is 3.00. The average molecular weight is 307 g/mol. The van der Waals surface area contributed by atoms with Gasteiger partial charge < -0.3 is 10.1 Å². The maximum atomic E-state index is 5.85. The van der Waals surface area contributed by atoms with Gasteiger partial charge in [-0.1, -0.05) is 15.9 Å². The van der Waals surface area contributed by atoms with Gasteiger partial charge in [0.25, 0.3) is 0 Å². The van der Waals surface area contributed by atoms with E-state index in [9.17, 15) is 0 Å². The Morgan fingerprint density at radius 1 is 1.28 bits per heavy atom. The molecule has 1 heterocycles. The smallest absolute Gasteiger partial charge is 0.145 e. The molecule has 0 aliphatic rings. The van der Waals surface area contributed by atoms with Crippen molar-refractivity contribution in [1.82, 2.24) is 10.3 Å². The maximum absolute atomic E-state index is 5.85. The second-order valence-electron chi connectivity index (χ2n) is 4.02. The van der Waals surface area contributed by atoms with Gasteiger partial charge in [-0.3, -0.25) is 4.98 Å². The van der Waals surface area contributed by atoms with Crippen molar-refractivity contribution in [2.24, 2.45) is 0 Å². The first-order chi connectivity index (χ1) is 8.69. The van der Waals surface area contributed by atoms with E-state index in [2.05, 4.69) is 26.2 Å². The molecule has 1 aromatic heterocycles. The second kappa shape index (κ2) is 5.98. The molecular weight excluding hydrogens is 292 g/mol. The molecule has 1 N–H and O–H groups in total. The van der Waals surface area contributed by atoms with Crippen LogP contribution < -0.4 is 10.1 Å². The Morgan fingerprint density at radius 3 is 2.78 bits per heavy atom. The molecule has 2 aromatic rings. The first-order valence-corrected chi connectivity index (χ1v) is 6.52. The van der Waals surface area contributed by atoms with E-state index in [0.717, 1.165) is 33.8 Å². The SMILES string of the molecule is CNCc1cc(Br)ccc1Oc1ccc(C)nc1. The van der Waals surface area contributed by atoms with Crippen molar-refractivity contribution in [1.29, 1.82) is 0 Å². The summed E-state index contributed by atoms with van der Waals surface area (Å²) in [4.78, 5) is 4.22. The largest absolute Gasteiger partial charge is 0.455 e. The summed E-state index contributed by atoms with van der Waals surface area (Å²) in [6, 6.07) is 9.83. The number of hydrogen-bond acceptors (Lipinski definition) is 3. The van der Waals surface area contributed by atoms with Crippen molar-refractivity contribution in [3.63, 3.8) is 0 Å². The minimum Gasteiger partial charge on any atom is -0.455 e. The lowest BCUT2D eigenvalue weighted by atomic mass is 10.2. The quantitative estimate of drug-likeness (QED) is 0.936. The summed E-state index contributed by atoms with van der Waals surface area (Å²) in [7, 11) is 1.91. The van der Waals surface area contributed by atoms with Crippen LogP contribution in [0.15, 0.2) is 41.0 Å². The molecule has 0 spiro atoms. The Labute approximate surface area is 115 Å². The zero-order chi connectivity index (χ0) is 13.0. The van der Waals surface area contributed by atoms with Crippen LogP contribution in [0, 0.1) is 6.92 Å². The zero-order valence-electron chi connectivity index (χ0n) is 10.4. The number of benzene rings is 1. The maximum Gasteiger partial charge on any atom is 0.145 e. The molecule has 0 amide bonds. The van der Waals surface area contributed by atoms with Crippen molar-refractivity contribution in [2.75, 3.05) is 7.05 Å². The second-order valence-corrected chi connectivity index (χ2v) is 4.94. The first kappa shape index (κ1) is 13.1. The summed E-state index contributed by atoms with van der Waals surface area (Å²) >= 11 is 3.47. The van der Waals surface area contributed by atoms with Gasteiger partial charge >= 0.3 is 0 Å². The summed E-state index contributed by atoms with van der Waals surface area (Å²) in [6.45, 7) is 2.71. The predicted octanol–water partition coefficient (Wildman–Crippen LogP) is 3.66. The Bertz CT molecular complexity index is 526. The first-order valence-electron chi connectivity index (χ1n) is 5.72. The molecule has 0 aliphatic heterocycles. The van der Waals surface area contributed by atoms with Gasteiger partial charge in [0.1, 0.15) is 11.5 Å². The summed E-state index contributed by atoms with van der Waals surface area (Å²) in [5.41, 5.74) is 2.08. The monoisotopic (exact) mass is 306 g/mol. The summed E-state index contributed by atoms with van der Waals surface area (Å²) in [6.07, 6.45) is 1.74. The molecule has 3 nitrogen and oxygen atoms in total. The molecule has 0 saturated heterocycles. The van der Waals surface area contributed by atoms with E-state index >= 15 is 0 Å². The fourth-order valence-corrected chi connectivity index (χ4v) is 2.03. The normalized spacial score (nSPS) is 10.4. The number of nitrogens with one attached hydrogen (secondary N) is 1. The van der Waals surface area contributed by atoms with E-state index in [4.69, 9.17) is 4.74 Å². The number of aromatic nitrogens is 1.